The first-order valence-electron chi connectivity index (χ1n) is 14.8. The number of nitrogens with two attached hydrogens (primary N) is 1. The molecule has 4 N–H and O–H groups in total. The van der Waals surface area contributed by atoms with Crippen LogP contribution in [-0.4, -0.2) is 36.9 Å². The number of hydrogen-bond acceptors (Lipinski definition) is 5. The molecule has 1 aliphatic carbocycles. The van der Waals surface area contributed by atoms with Gasteiger partial charge in [0.15, 0.2) is 0 Å². The van der Waals surface area contributed by atoms with Crippen LogP contribution in [0.3, 0.4) is 0 Å². The van der Waals surface area contributed by atoms with Gasteiger partial charge in [0.05, 0.1) is 12.3 Å². The van der Waals surface area contributed by atoms with Crippen LogP contribution in [-0.2, 0) is 11.2 Å². The van der Waals surface area contributed by atoms with Gasteiger partial charge in [0, 0.05) is 17.1 Å². The summed E-state index contributed by atoms with van der Waals surface area (Å²) < 4.78 is 11.7. The lowest BCUT2D eigenvalue weighted by Crippen LogP contribution is -2.46. The summed E-state index contributed by atoms with van der Waals surface area (Å²) in [6.07, 6.45) is 9.08. The van der Waals surface area contributed by atoms with Gasteiger partial charge >= 0.3 is 6.09 Å². The van der Waals surface area contributed by atoms with E-state index in [1.807, 2.05) is 54.6 Å². The predicted octanol–water partition coefficient (Wildman–Crippen LogP) is 7.58. The molecule has 0 aliphatic heterocycles. The number of nitrogens with one attached hydrogen (secondary N) is 2. The van der Waals surface area contributed by atoms with Crippen LogP contribution in [0.15, 0.2) is 78.9 Å². The monoisotopic (exact) mass is 555 g/mol. The van der Waals surface area contributed by atoms with Crippen molar-refractivity contribution < 1.29 is 14.3 Å². The zero-order valence-electron chi connectivity index (χ0n) is 24.7. The van der Waals surface area contributed by atoms with E-state index >= 15 is 0 Å². The number of anilines is 1. The maximum atomic E-state index is 13.0. The Morgan fingerprint density at radius 2 is 1.71 bits per heavy atom. The molecule has 0 saturated heterocycles. The third-order valence-corrected chi connectivity index (χ3v) is 7.17. The van der Waals surface area contributed by atoms with Crippen molar-refractivity contribution in [1.29, 1.82) is 0 Å². The smallest absolute Gasteiger partial charge is 0.411 e. The van der Waals surface area contributed by atoms with Crippen LogP contribution in [0.4, 0.5) is 10.5 Å². The van der Waals surface area contributed by atoms with E-state index < -0.39 is 6.09 Å². The van der Waals surface area contributed by atoms with E-state index in [1.165, 1.54) is 5.56 Å². The van der Waals surface area contributed by atoms with Crippen LogP contribution in [0.2, 0.25) is 0 Å². The highest BCUT2D eigenvalue weighted by molar-refractivity contribution is 5.92. The number of hydrogen-bond donors (Lipinski definition) is 3. The second-order valence-electron chi connectivity index (χ2n) is 11.8. The molecule has 1 saturated carbocycles. The van der Waals surface area contributed by atoms with Gasteiger partial charge in [0.2, 0.25) is 0 Å². The third-order valence-electron chi connectivity index (χ3n) is 7.17. The minimum atomic E-state index is -0.401. The molecular formula is C35H45N3O3. The second kappa shape index (κ2) is 14.9. The van der Waals surface area contributed by atoms with Crippen molar-refractivity contribution in [2.24, 2.45) is 5.73 Å². The summed E-state index contributed by atoms with van der Waals surface area (Å²) >= 11 is 0. The Morgan fingerprint density at radius 3 is 2.39 bits per heavy atom. The van der Waals surface area contributed by atoms with Crippen molar-refractivity contribution in [2.45, 2.75) is 77.0 Å². The Bertz CT molecular complexity index is 1260. The fourth-order valence-corrected chi connectivity index (χ4v) is 5.25. The van der Waals surface area contributed by atoms with Gasteiger partial charge in [0.25, 0.3) is 0 Å². The van der Waals surface area contributed by atoms with Crippen molar-refractivity contribution in [1.82, 2.24) is 5.32 Å². The number of amides is 1. The molecule has 1 amide bonds. The van der Waals surface area contributed by atoms with Crippen molar-refractivity contribution >= 4 is 17.9 Å². The van der Waals surface area contributed by atoms with E-state index in [1.54, 1.807) is 0 Å². The minimum absolute atomic E-state index is 0.0619. The summed E-state index contributed by atoms with van der Waals surface area (Å²) in [6, 6.07) is 24.8. The first kappa shape index (κ1) is 30.4. The topological polar surface area (TPSA) is 85.6 Å². The number of ether oxygens (including phenoxy) is 2. The highest BCUT2D eigenvalue weighted by atomic mass is 16.6. The molecule has 0 atom stereocenters. The van der Waals surface area contributed by atoms with Gasteiger partial charge in [-0.3, -0.25) is 5.32 Å². The molecule has 0 spiro atoms. The van der Waals surface area contributed by atoms with E-state index in [9.17, 15) is 4.79 Å². The normalized spacial score (nSPS) is 17.4. The van der Waals surface area contributed by atoms with E-state index in [0.29, 0.717) is 19.2 Å². The fraction of sp³-hybridized carbons (Fsp3) is 0.400. The quantitative estimate of drug-likeness (QED) is 0.212. The maximum Gasteiger partial charge on any atom is 0.411 e. The van der Waals surface area contributed by atoms with E-state index in [2.05, 4.69) is 61.8 Å². The molecule has 0 bridgehead atoms. The lowest BCUT2D eigenvalue weighted by atomic mass is 9.91. The Hall–Kier alpha value is -3.61. The summed E-state index contributed by atoms with van der Waals surface area (Å²) in [6.45, 7) is 7.80. The number of benzene rings is 3. The molecule has 41 heavy (non-hydrogen) atoms. The second-order valence-corrected chi connectivity index (χ2v) is 11.8. The highest BCUT2D eigenvalue weighted by Gasteiger charge is 2.26. The fourth-order valence-electron chi connectivity index (χ4n) is 5.25. The molecule has 6 heteroatoms. The van der Waals surface area contributed by atoms with Crippen molar-refractivity contribution in [2.75, 3.05) is 18.5 Å². The summed E-state index contributed by atoms with van der Waals surface area (Å²) in [7, 11) is 0. The van der Waals surface area contributed by atoms with Gasteiger partial charge in [0.1, 0.15) is 11.9 Å². The van der Waals surface area contributed by atoms with Gasteiger partial charge in [-0.25, -0.2) is 4.79 Å². The van der Waals surface area contributed by atoms with Crippen LogP contribution < -0.4 is 21.1 Å². The average molecular weight is 556 g/mol. The first-order valence-corrected chi connectivity index (χ1v) is 14.8. The van der Waals surface area contributed by atoms with Crippen molar-refractivity contribution in [3.63, 3.8) is 0 Å². The van der Waals surface area contributed by atoms with Crippen LogP contribution >= 0.6 is 0 Å². The van der Waals surface area contributed by atoms with Gasteiger partial charge in [-0.05, 0) is 101 Å². The molecule has 4 rings (SSSR count). The molecule has 0 radical (unpaired) electrons. The highest BCUT2D eigenvalue weighted by Crippen LogP contribution is 2.30. The summed E-state index contributed by atoms with van der Waals surface area (Å²) in [5.41, 5.74) is 10.7. The molecular weight excluding hydrogens is 510 g/mol. The molecule has 0 unspecified atom stereocenters. The van der Waals surface area contributed by atoms with Crippen molar-refractivity contribution in [3.05, 3.63) is 90.0 Å². The summed E-state index contributed by atoms with van der Waals surface area (Å²) in [5, 5.41) is 6.71. The van der Waals surface area contributed by atoms with Crippen molar-refractivity contribution in [3.8, 4) is 16.9 Å². The number of carbonyl (C=O) groups excluding carboxylic acids is 1. The Labute approximate surface area is 245 Å². The molecule has 0 aromatic heterocycles. The third kappa shape index (κ3) is 10.1. The SMILES string of the molecule is CC(C)(C)NC1CCC(OC(=O)Nc2cc(C=CCCOc3ccc(CCN)cc3)ccc2-c2ccccc2)CC1. The van der Waals surface area contributed by atoms with Gasteiger partial charge in [-0.1, -0.05) is 66.7 Å². The number of carbonyl (C=O) groups is 1. The summed E-state index contributed by atoms with van der Waals surface area (Å²) in [5.74, 6) is 0.857. The molecule has 218 valence electrons. The zero-order chi connectivity index (χ0) is 29.1. The first-order chi connectivity index (χ1) is 19.8. The maximum absolute atomic E-state index is 13.0. The van der Waals surface area contributed by atoms with Gasteiger partial charge in [-0.2, -0.15) is 0 Å². The predicted molar refractivity (Wildman–Crippen MR) is 169 cm³/mol. The minimum Gasteiger partial charge on any atom is -0.493 e. The Balaban J connectivity index is 1.34. The van der Waals surface area contributed by atoms with Gasteiger partial charge in [-0.15, -0.1) is 0 Å². The molecule has 0 heterocycles. The standard InChI is InChI=1S/C35H45N3O3/c1-35(2,3)38-29-15-19-31(20-16-29)41-34(39)37-33-25-27(14-21-32(33)28-10-5-4-6-11-28)9-7-8-24-40-30-17-12-26(13-18-30)22-23-36/h4-7,9-14,17-18,21,25,29,31,38H,8,15-16,19-20,22-24,36H2,1-3H3,(H,37,39). The van der Waals surface area contributed by atoms with E-state index in [-0.39, 0.29) is 11.6 Å². The van der Waals surface area contributed by atoms with Crippen LogP contribution in [0.25, 0.3) is 17.2 Å². The summed E-state index contributed by atoms with van der Waals surface area (Å²) in [4.78, 5) is 13.0. The molecule has 6 nitrogen and oxygen atoms in total. The lowest BCUT2D eigenvalue weighted by Gasteiger charge is -2.34. The molecule has 1 aliphatic rings. The molecule has 1 fully saturated rings. The van der Waals surface area contributed by atoms with Crippen LogP contribution in [0.1, 0.15) is 64.0 Å². The largest absolute Gasteiger partial charge is 0.493 e. The van der Waals surface area contributed by atoms with Gasteiger partial charge < -0.3 is 20.5 Å². The zero-order valence-corrected chi connectivity index (χ0v) is 24.7. The lowest BCUT2D eigenvalue weighted by molar-refractivity contribution is 0.0762. The number of rotatable bonds is 11. The van der Waals surface area contributed by atoms with E-state index in [4.69, 9.17) is 15.2 Å². The molecule has 3 aromatic carbocycles. The average Bonchev–Trinajstić information content (AvgIpc) is 2.95. The Morgan fingerprint density at radius 1 is 0.976 bits per heavy atom. The van der Waals surface area contributed by atoms with Crippen LogP contribution in [0, 0.1) is 0 Å². The Kier molecular flexibility index (Phi) is 11.0. The van der Waals surface area contributed by atoms with Crippen LogP contribution in [0.5, 0.6) is 5.75 Å². The van der Waals surface area contributed by atoms with E-state index in [0.717, 1.165) is 66.7 Å². The molecule has 3 aromatic rings.